The van der Waals surface area contributed by atoms with Crippen LogP contribution in [0.15, 0.2) is 66.7 Å². The van der Waals surface area contributed by atoms with Crippen molar-refractivity contribution < 1.29 is 23.5 Å². The van der Waals surface area contributed by atoms with E-state index in [1.54, 1.807) is 61.2 Å². The first-order valence-corrected chi connectivity index (χ1v) is 13.5. The van der Waals surface area contributed by atoms with Crippen LogP contribution in [0.3, 0.4) is 0 Å². The quantitative estimate of drug-likeness (QED) is 0.254. The molecule has 5 nitrogen and oxygen atoms in total. The number of nitrogens with zero attached hydrogens (tertiary/aromatic N) is 1. The fraction of sp³-hybridized carbons (Fsp3) is 0.333. The summed E-state index contributed by atoms with van der Waals surface area (Å²) in [5.74, 6) is 5.27. The van der Waals surface area contributed by atoms with Crippen LogP contribution in [0.1, 0.15) is 84.2 Å². The molecule has 1 heterocycles. The van der Waals surface area contributed by atoms with Gasteiger partial charge < -0.3 is 14.4 Å². The van der Waals surface area contributed by atoms with Crippen LogP contribution in [-0.2, 0) is 4.74 Å². The molecule has 6 heteroatoms. The molecule has 2 aliphatic rings. The van der Waals surface area contributed by atoms with Gasteiger partial charge in [-0.25, -0.2) is 9.18 Å². The van der Waals surface area contributed by atoms with E-state index in [0.717, 1.165) is 24.3 Å². The van der Waals surface area contributed by atoms with E-state index in [9.17, 15) is 14.0 Å². The van der Waals surface area contributed by atoms with Crippen molar-refractivity contribution in [2.75, 3.05) is 11.4 Å². The fourth-order valence-electron chi connectivity index (χ4n) is 5.21. The molecular weight excluding hydrogens is 493 g/mol. The van der Waals surface area contributed by atoms with Gasteiger partial charge in [-0.15, -0.1) is 0 Å². The normalized spacial score (nSPS) is 15.9. The average molecular weight is 526 g/mol. The van der Waals surface area contributed by atoms with E-state index < -0.39 is 11.8 Å². The van der Waals surface area contributed by atoms with Crippen molar-refractivity contribution in [3.8, 4) is 17.6 Å². The Morgan fingerprint density at radius 1 is 0.949 bits per heavy atom. The van der Waals surface area contributed by atoms with Crippen molar-refractivity contribution in [1.82, 2.24) is 0 Å². The molecule has 3 aromatic rings. The molecule has 5 rings (SSSR count). The van der Waals surface area contributed by atoms with E-state index in [2.05, 4.69) is 11.8 Å². The highest BCUT2D eigenvalue weighted by Crippen LogP contribution is 2.35. The summed E-state index contributed by atoms with van der Waals surface area (Å²) in [5.41, 5.74) is 3.04. The minimum Gasteiger partial charge on any atom is -0.452 e. The van der Waals surface area contributed by atoms with E-state index >= 15 is 0 Å². The van der Waals surface area contributed by atoms with Gasteiger partial charge in [0.15, 0.2) is 0 Å². The number of halogens is 1. The molecular formula is C33H32FNO4. The first-order chi connectivity index (χ1) is 18.8. The average Bonchev–Trinajstić information content (AvgIpc) is 3.43. The molecule has 3 aromatic carbocycles. The minimum absolute atomic E-state index is 0.128. The Labute approximate surface area is 228 Å². The maximum atomic E-state index is 13.8. The molecule has 200 valence electrons. The third-order valence-corrected chi connectivity index (χ3v) is 7.23. The van der Waals surface area contributed by atoms with Gasteiger partial charge in [0.25, 0.3) is 5.91 Å². The summed E-state index contributed by atoms with van der Waals surface area (Å²) in [6.45, 7) is 3.94. The fourth-order valence-corrected chi connectivity index (χ4v) is 5.21. The second-order valence-corrected chi connectivity index (χ2v) is 10.7. The highest BCUT2D eigenvalue weighted by molar-refractivity contribution is 6.06. The molecule has 1 aliphatic heterocycles. The van der Waals surface area contributed by atoms with E-state index in [1.165, 1.54) is 37.8 Å². The lowest BCUT2D eigenvalue weighted by molar-refractivity contribution is -0.127. The van der Waals surface area contributed by atoms with Gasteiger partial charge in [0.2, 0.25) is 5.79 Å². The number of fused-ring (bicyclic) bond motifs is 1. The maximum absolute atomic E-state index is 13.8. The summed E-state index contributed by atoms with van der Waals surface area (Å²) >= 11 is 0. The number of rotatable bonds is 6. The number of cyclic esters (lactones) is 1. The van der Waals surface area contributed by atoms with E-state index in [1.807, 2.05) is 12.1 Å². The van der Waals surface area contributed by atoms with Crippen LogP contribution in [-0.4, -0.2) is 24.2 Å². The van der Waals surface area contributed by atoms with Crippen LogP contribution in [0.5, 0.6) is 5.75 Å². The molecule has 0 bridgehead atoms. The Morgan fingerprint density at radius 3 is 2.26 bits per heavy atom. The topological polar surface area (TPSA) is 55.8 Å². The molecule has 0 radical (unpaired) electrons. The summed E-state index contributed by atoms with van der Waals surface area (Å²) in [4.78, 5) is 28.0. The monoisotopic (exact) mass is 525 g/mol. The second kappa shape index (κ2) is 11.3. The molecule has 1 saturated carbocycles. The van der Waals surface area contributed by atoms with Crippen molar-refractivity contribution in [3.63, 3.8) is 0 Å². The standard InChI is InChI=1S/C33H32FNO4/c1-33(2)38-30-22-28(19-20-29(30)32(37)39-33)35(21-5-8-23-6-3-4-7-23)31(36)26-15-11-24(12-16-26)9-10-25-13-17-27(34)18-14-25/h11-20,22-23H,3-8,21H2,1-2H3. The smallest absolute Gasteiger partial charge is 0.345 e. The number of carbonyl (C=O) groups excluding carboxylic acids is 2. The van der Waals surface area contributed by atoms with Gasteiger partial charge in [0, 0.05) is 48.8 Å². The van der Waals surface area contributed by atoms with Gasteiger partial charge in [0.1, 0.15) is 17.1 Å². The highest BCUT2D eigenvalue weighted by atomic mass is 19.1. The van der Waals surface area contributed by atoms with Crippen LogP contribution in [0.4, 0.5) is 10.1 Å². The predicted octanol–water partition coefficient (Wildman–Crippen LogP) is 7.13. The number of anilines is 1. The van der Waals surface area contributed by atoms with Crippen LogP contribution in [0, 0.1) is 23.6 Å². The maximum Gasteiger partial charge on any atom is 0.345 e. The third kappa shape index (κ3) is 6.49. The summed E-state index contributed by atoms with van der Waals surface area (Å²) in [7, 11) is 0. The molecule has 0 aromatic heterocycles. The van der Waals surface area contributed by atoms with Crippen LogP contribution < -0.4 is 9.64 Å². The SMILES string of the molecule is CC1(C)OC(=O)c2ccc(N(CCCC3CCCC3)C(=O)c3ccc(C#Cc4ccc(F)cc4)cc3)cc2O1. The first kappa shape index (κ1) is 26.5. The van der Waals surface area contributed by atoms with Crippen molar-refractivity contribution in [1.29, 1.82) is 0 Å². The van der Waals surface area contributed by atoms with Gasteiger partial charge in [0.05, 0.1) is 0 Å². The number of hydrogen-bond acceptors (Lipinski definition) is 4. The lowest BCUT2D eigenvalue weighted by Gasteiger charge is -2.32. The molecule has 1 fully saturated rings. The van der Waals surface area contributed by atoms with Gasteiger partial charge >= 0.3 is 5.97 Å². The molecule has 0 spiro atoms. The third-order valence-electron chi connectivity index (χ3n) is 7.23. The lowest BCUT2D eigenvalue weighted by atomic mass is 10.0. The number of amides is 1. The molecule has 0 N–H and O–H groups in total. The van der Waals surface area contributed by atoms with Gasteiger partial charge in [-0.05, 0) is 79.4 Å². The number of ether oxygens (including phenoxy) is 2. The Morgan fingerprint density at radius 2 is 1.59 bits per heavy atom. The van der Waals surface area contributed by atoms with Crippen LogP contribution >= 0.6 is 0 Å². The Hall–Kier alpha value is -4.11. The molecule has 0 saturated heterocycles. The van der Waals surface area contributed by atoms with Crippen LogP contribution in [0.25, 0.3) is 0 Å². The van der Waals surface area contributed by atoms with E-state index in [-0.39, 0.29) is 11.7 Å². The Kier molecular flexibility index (Phi) is 7.70. The number of hydrogen-bond donors (Lipinski definition) is 0. The number of benzene rings is 3. The number of esters is 1. The second-order valence-electron chi connectivity index (χ2n) is 10.7. The van der Waals surface area contributed by atoms with Gasteiger partial charge in [-0.3, -0.25) is 4.79 Å². The van der Waals surface area contributed by atoms with Gasteiger partial charge in [-0.1, -0.05) is 37.5 Å². The van der Waals surface area contributed by atoms with Crippen molar-refractivity contribution >= 4 is 17.6 Å². The van der Waals surface area contributed by atoms with Crippen molar-refractivity contribution in [2.45, 2.75) is 58.2 Å². The first-order valence-electron chi connectivity index (χ1n) is 13.5. The summed E-state index contributed by atoms with van der Waals surface area (Å²) in [6, 6.07) is 18.4. The van der Waals surface area contributed by atoms with E-state index in [0.29, 0.717) is 34.7 Å². The predicted molar refractivity (Wildman–Crippen MR) is 148 cm³/mol. The van der Waals surface area contributed by atoms with Crippen molar-refractivity contribution in [2.24, 2.45) is 5.92 Å². The Bertz CT molecular complexity index is 1410. The summed E-state index contributed by atoms with van der Waals surface area (Å²) in [5, 5.41) is 0. The largest absolute Gasteiger partial charge is 0.452 e. The zero-order valence-electron chi connectivity index (χ0n) is 22.3. The van der Waals surface area contributed by atoms with Gasteiger partial charge in [-0.2, -0.15) is 0 Å². The summed E-state index contributed by atoms with van der Waals surface area (Å²) in [6.07, 6.45) is 7.08. The molecule has 39 heavy (non-hydrogen) atoms. The highest BCUT2D eigenvalue weighted by Gasteiger charge is 2.34. The number of carbonyl (C=O) groups is 2. The minimum atomic E-state index is -1.08. The molecule has 0 atom stereocenters. The zero-order valence-corrected chi connectivity index (χ0v) is 22.3. The lowest BCUT2D eigenvalue weighted by Crippen LogP contribution is -2.39. The molecule has 1 aliphatic carbocycles. The van der Waals surface area contributed by atoms with Crippen molar-refractivity contribution in [3.05, 3.63) is 94.8 Å². The van der Waals surface area contributed by atoms with E-state index in [4.69, 9.17) is 9.47 Å². The zero-order chi connectivity index (χ0) is 27.4. The van der Waals surface area contributed by atoms with Crippen LogP contribution in [0.2, 0.25) is 0 Å². The Balaban J connectivity index is 1.37. The molecule has 1 amide bonds. The molecule has 0 unspecified atom stereocenters. The summed E-state index contributed by atoms with van der Waals surface area (Å²) < 4.78 is 24.4.